The van der Waals surface area contributed by atoms with Crippen LogP contribution in [0, 0.1) is 0 Å². The van der Waals surface area contributed by atoms with Crippen molar-refractivity contribution < 1.29 is 14.7 Å². The molecule has 5 nitrogen and oxygen atoms in total. The van der Waals surface area contributed by atoms with Gasteiger partial charge < -0.3 is 10.0 Å². The fraction of sp³-hybridized carbons (Fsp3) is 0.444. The molecule has 0 unspecified atom stereocenters. The fourth-order valence-corrected chi connectivity index (χ4v) is 1.94. The Morgan fingerprint density at radius 3 is 2.80 bits per heavy atom. The number of hydrogen-bond donors (Lipinski definition) is 1. The van der Waals surface area contributed by atoms with Crippen LogP contribution < -0.4 is 0 Å². The average molecular weight is 226 g/mol. The van der Waals surface area contributed by atoms with Gasteiger partial charge in [-0.15, -0.1) is 11.3 Å². The molecule has 1 aliphatic rings. The topological polar surface area (TPSA) is 70.5 Å². The molecule has 2 rings (SSSR count). The van der Waals surface area contributed by atoms with Crippen molar-refractivity contribution in [1.82, 2.24) is 9.88 Å². The van der Waals surface area contributed by atoms with Gasteiger partial charge in [0.15, 0.2) is 0 Å². The van der Waals surface area contributed by atoms with E-state index in [1.807, 2.05) is 0 Å². The zero-order chi connectivity index (χ0) is 10.8. The highest BCUT2D eigenvalue weighted by Gasteiger charge is 2.34. The number of carboxylic acid groups (broad SMARTS) is 1. The standard InChI is InChI=1S/C9H10N2O3S/c12-8(13)4-11(6-1-2-6)9(14)7-3-10-5-15-7/h3,5-6H,1-2,4H2,(H,12,13). The predicted molar refractivity (Wildman–Crippen MR) is 53.8 cm³/mol. The maximum atomic E-state index is 11.9. The number of aromatic nitrogens is 1. The number of amides is 1. The highest BCUT2D eigenvalue weighted by molar-refractivity contribution is 7.11. The molecular weight excluding hydrogens is 216 g/mol. The second kappa shape index (κ2) is 3.98. The van der Waals surface area contributed by atoms with Gasteiger partial charge in [0.25, 0.3) is 5.91 Å². The van der Waals surface area contributed by atoms with Crippen molar-refractivity contribution in [2.24, 2.45) is 0 Å². The molecule has 6 heteroatoms. The van der Waals surface area contributed by atoms with E-state index in [1.54, 1.807) is 5.51 Å². The molecule has 1 aromatic rings. The Balaban J connectivity index is 2.10. The molecule has 1 saturated carbocycles. The van der Waals surface area contributed by atoms with E-state index in [9.17, 15) is 9.59 Å². The summed E-state index contributed by atoms with van der Waals surface area (Å²) < 4.78 is 0. The maximum Gasteiger partial charge on any atom is 0.323 e. The number of hydrogen-bond acceptors (Lipinski definition) is 4. The lowest BCUT2D eigenvalue weighted by atomic mass is 10.4. The Hall–Kier alpha value is -1.43. The van der Waals surface area contributed by atoms with Gasteiger partial charge in [-0.05, 0) is 12.8 Å². The van der Waals surface area contributed by atoms with Crippen molar-refractivity contribution in [3.63, 3.8) is 0 Å². The molecule has 1 aliphatic carbocycles. The Morgan fingerprint density at radius 1 is 1.60 bits per heavy atom. The number of carbonyl (C=O) groups is 2. The van der Waals surface area contributed by atoms with Crippen molar-refractivity contribution in [1.29, 1.82) is 0 Å². The third kappa shape index (κ3) is 2.33. The van der Waals surface area contributed by atoms with Crippen LogP contribution in [-0.2, 0) is 4.79 Å². The first kappa shape index (κ1) is 10.1. The van der Waals surface area contributed by atoms with E-state index in [-0.39, 0.29) is 18.5 Å². The summed E-state index contributed by atoms with van der Waals surface area (Å²) in [5.74, 6) is -1.19. The fourth-order valence-electron chi connectivity index (χ4n) is 1.36. The quantitative estimate of drug-likeness (QED) is 0.825. The molecule has 0 radical (unpaired) electrons. The Kier molecular flexibility index (Phi) is 2.68. The molecule has 0 aromatic carbocycles. The van der Waals surface area contributed by atoms with Crippen molar-refractivity contribution in [3.05, 3.63) is 16.6 Å². The van der Waals surface area contributed by atoms with Gasteiger partial charge >= 0.3 is 5.97 Å². The minimum absolute atomic E-state index is 0.107. The van der Waals surface area contributed by atoms with Gasteiger partial charge in [0.1, 0.15) is 11.4 Å². The van der Waals surface area contributed by atoms with Gasteiger partial charge in [0.2, 0.25) is 0 Å². The molecule has 15 heavy (non-hydrogen) atoms. The molecule has 80 valence electrons. The molecule has 1 N–H and O–H groups in total. The Labute approximate surface area is 90.4 Å². The number of carbonyl (C=O) groups excluding carboxylic acids is 1. The summed E-state index contributed by atoms with van der Waals surface area (Å²) in [4.78, 5) is 28.2. The molecule has 1 heterocycles. The molecule has 0 atom stereocenters. The molecule has 0 bridgehead atoms. The van der Waals surface area contributed by atoms with Crippen LogP contribution >= 0.6 is 11.3 Å². The van der Waals surface area contributed by atoms with E-state index < -0.39 is 5.97 Å². The van der Waals surface area contributed by atoms with Crippen molar-refractivity contribution >= 4 is 23.2 Å². The first-order valence-corrected chi connectivity index (χ1v) is 5.47. The van der Waals surface area contributed by atoms with E-state index >= 15 is 0 Å². The van der Waals surface area contributed by atoms with E-state index in [4.69, 9.17) is 5.11 Å². The van der Waals surface area contributed by atoms with Gasteiger partial charge in [-0.2, -0.15) is 0 Å². The first-order valence-electron chi connectivity index (χ1n) is 4.59. The third-order valence-corrected chi connectivity index (χ3v) is 2.96. The molecule has 1 amide bonds. The van der Waals surface area contributed by atoms with Crippen molar-refractivity contribution in [2.45, 2.75) is 18.9 Å². The van der Waals surface area contributed by atoms with Crippen LogP contribution in [0.1, 0.15) is 22.5 Å². The van der Waals surface area contributed by atoms with E-state index in [2.05, 4.69) is 4.98 Å². The van der Waals surface area contributed by atoms with Gasteiger partial charge in [0, 0.05) is 6.04 Å². The number of rotatable bonds is 4. The van der Waals surface area contributed by atoms with Crippen LogP contribution in [0.15, 0.2) is 11.7 Å². The second-order valence-corrected chi connectivity index (χ2v) is 4.31. The normalized spacial score (nSPS) is 14.9. The molecule has 0 spiro atoms. The van der Waals surface area contributed by atoms with Gasteiger partial charge in [-0.3, -0.25) is 14.6 Å². The van der Waals surface area contributed by atoms with Crippen LogP contribution in [0.5, 0.6) is 0 Å². The molecule has 1 fully saturated rings. The first-order chi connectivity index (χ1) is 7.18. The highest BCUT2D eigenvalue weighted by atomic mass is 32.1. The van der Waals surface area contributed by atoms with E-state index in [0.717, 1.165) is 12.8 Å². The summed E-state index contributed by atoms with van der Waals surface area (Å²) in [6.45, 7) is -0.221. The monoisotopic (exact) mass is 226 g/mol. The number of nitrogens with zero attached hydrogens (tertiary/aromatic N) is 2. The summed E-state index contributed by atoms with van der Waals surface area (Å²) >= 11 is 1.24. The lowest BCUT2D eigenvalue weighted by molar-refractivity contribution is -0.137. The van der Waals surface area contributed by atoms with Crippen LogP contribution in [0.3, 0.4) is 0 Å². The molecular formula is C9H10N2O3S. The molecule has 1 aromatic heterocycles. The average Bonchev–Trinajstić information content (AvgIpc) is 2.88. The number of aliphatic carboxylic acids is 1. The predicted octanol–water partition coefficient (Wildman–Crippen LogP) is 0.832. The van der Waals surface area contributed by atoms with E-state index in [1.165, 1.54) is 22.4 Å². The van der Waals surface area contributed by atoms with Crippen LogP contribution in [0.2, 0.25) is 0 Å². The summed E-state index contributed by atoms with van der Waals surface area (Å²) in [6.07, 6.45) is 3.28. The van der Waals surface area contributed by atoms with Crippen LogP contribution in [0.25, 0.3) is 0 Å². The van der Waals surface area contributed by atoms with Crippen LogP contribution in [0.4, 0.5) is 0 Å². The molecule has 0 saturated heterocycles. The third-order valence-electron chi connectivity index (χ3n) is 2.20. The minimum Gasteiger partial charge on any atom is -0.480 e. The second-order valence-electron chi connectivity index (χ2n) is 3.42. The smallest absolute Gasteiger partial charge is 0.323 e. The molecule has 0 aliphatic heterocycles. The van der Waals surface area contributed by atoms with Crippen molar-refractivity contribution in [3.8, 4) is 0 Å². The zero-order valence-corrected chi connectivity index (χ0v) is 8.74. The summed E-state index contributed by atoms with van der Waals surface area (Å²) in [5, 5.41) is 8.70. The Bertz CT molecular complexity index is 373. The lowest BCUT2D eigenvalue weighted by Gasteiger charge is -2.18. The van der Waals surface area contributed by atoms with Gasteiger partial charge in [-0.1, -0.05) is 0 Å². The lowest BCUT2D eigenvalue weighted by Crippen LogP contribution is -2.37. The van der Waals surface area contributed by atoms with E-state index in [0.29, 0.717) is 4.88 Å². The minimum atomic E-state index is -0.972. The highest BCUT2D eigenvalue weighted by Crippen LogP contribution is 2.28. The largest absolute Gasteiger partial charge is 0.480 e. The van der Waals surface area contributed by atoms with Gasteiger partial charge in [-0.25, -0.2) is 0 Å². The summed E-state index contributed by atoms with van der Waals surface area (Å²) in [7, 11) is 0. The van der Waals surface area contributed by atoms with Gasteiger partial charge in [0.05, 0.1) is 11.7 Å². The van der Waals surface area contributed by atoms with Crippen molar-refractivity contribution in [2.75, 3.05) is 6.54 Å². The summed E-state index contributed by atoms with van der Waals surface area (Å²) in [5.41, 5.74) is 1.57. The maximum absolute atomic E-state index is 11.9. The number of thiazole rings is 1. The number of carboxylic acids is 1. The van der Waals surface area contributed by atoms with Crippen LogP contribution in [-0.4, -0.2) is 39.5 Å². The summed E-state index contributed by atoms with van der Waals surface area (Å²) in [6, 6.07) is 0.107. The zero-order valence-electron chi connectivity index (χ0n) is 7.92. The SMILES string of the molecule is O=C(O)CN(C(=O)c1cncs1)C1CC1. The Morgan fingerprint density at radius 2 is 2.33 bits per heavy atom.